The second-order valence-electron chi connectivity index (χ2n) is 3.21. The molecule has 1 aliphatic heterocycles. The van der Waals surface area contributed by atoms with E-state index in [2.05, 4.69) is 6.92 Å². The molecule has 0 bridgehead atoms. The number of rotatable bonds is 5. The highest BCUT2D eigenvalue weighted by atomic mass is 16.5. The van der Waals surface area contributed by atoms with Crippen LogP contribution in [-0.4, -0.2) is 37.1 Å². The predicted octanol–water partition coefficient (Wildman–Crippen LogP) is 0.953. The molecule has 0 radical (unpaired) electrons. The fourth-order valence-corrected chi connectivity index (χ4v) is 1.40. The van der Waals surface area contributed by atoms with Gasteiger partial charge in [-0.25, -0.2) is 0 Å². The SMILES string of the molecule is CCCOC[C@@H]1CC[C@@H](CO)O1. The largest absolute Gasteiger partial charge is 0.394 e. The molecule has 0 unspecified atom stereocenters. The van der Waals surface area contributed by atoms with Crippen LogP contribution in [0.1, 0.15) is 26.2 Å². The molecule has 72 valence electrons. The lowest BCUT2D eigenvalue weighted by Crippen LogP contribution is -2.19. The Morgan fingerprint density at radius 2 is 2.17 bits per heavy atom. The smallest absolute Gasteiger partial charge is 0.0814 e. The fourth-order valence-electron chi connectivity index (χ4n) is 1.40. The van der Waals surface area contributed by atoms with E-state index in [1.807, 2.05) is 0 Å². The maximum atomic E-state index is 8.79. The van der Waals surface area contributed by atoms with Gasteiger partial charge in [0.2, 0.25) is 0 Å². The van der Waals surface area contributed by atoms with Gasteiger partial charge in [0.15, 0.2) is 0 Å². The lowest BCUT2D eigenvalue weighted by molar-refractivity contribution is -0.0312. The van der Waals surface area contributed by atoms with Crippen LogP contribution in [0.4, 0.5) is 0 Å². The first-order chi connectivity index (χ1) is 5.86. The van der Waals surface area contributed by atoms with E-state index in [-0.39, 0.29) is 18.8 Å². The summed E-state index contributed by atoms with van der Waals surface area (Å²) in [6.45, 7) is 3.73. The third-order valence-corrected chi connectivity index (χ3v) is 2.05. The average Bonchev–Trinajstić information content (AvgIpc) is 2.53. The molecule has 1 rings (SSSR count). The molecule has 0 aromatic heterocycles. The van der Waals surface area contributed by atoms with Crippen LogP contribution in [-0.2, 0) is 9.47 Å². The molecule has 0 spiro atoms. The van der Waals surface area contributed by atoms with E-state index in [1.54, 1.807) is 0 Å². The minimum Gasteiger partial charge on any atom is -0.394 e. The molecule has 1 fully saturated rings. The van der Waals surface area contributed by atoms with Crippen molar-refractivity contribution in [3.05, 3.63) is 0 Å². The Hall–Kier alpha value is -0.120. The molecular weight excluding hydrogens is 156 g/mol. The van der Waals surface area contributed by atoms with Crippen molar-refractivity contribution < 1.29 is 14.6 Å². The molecule has 0 aliphatic carbocycles. The molecule has 0 amide bonds. The van der Waals surface area contributed by atoms with E-state index in [1.165, 1.54) is 0 Å². The Kier molecular flexibility index (Phi) is 4.58. The predicted molar refractivity (Wildman–Crippen MR) is 46.1 cm³/mol. The van der Waals surface area contributed by atoms with Gasteiger partial charge in [-0.15, -0.1) is 0 Å². The van der Waals surface area contributed by atoms with Crippen LogP contribution < -0.4 is 0 Å². The highest BCUT2D eigenvalue weighted by Crippen LogP contribution is 2.19. The van der Waals surface area contributed by atoms with Gasteiger partial charge in [0.1, 0.15) is 0 Å². The lowest BCUT2D eigenvalue weighted by atomic mass is 10.2. The van der Waals surface area contributed by atoms with Crippen molar-refractivity contribution in [2.75, 3.05) is 19.8 Å². The zero-order valence-electron chi connectivity index (χ0n) is 7.66. The van der Waals surface area contributed by atoms with Crippen LogP contribution in [0.25, 0.3) is 0 Å². The van der Waals surface area contributed by atoms with Crippen LogP contribution in [0.3, 0.4) is 0 Å². The molecular formula is C9H18O3. The van der Waals surface area contributed by atoms with Crippen LogP contribution >= 0.6 is 0 Å². The molecule has 1 heterocycles. The number of hydrogen-bond donors (Lipinski definition) is 1. The molecule has 3 nitrogen and oxygen atoms in total. The first-order valence-corrected chi connectivity index (χ1v) is 4.71. The zero-order chi connectivity index (χ0) is 8.81. The Morgan fingerprint density at radius 1 is 1.42 bits per heavy atom. The third-order valence-electron chi connectivity index (χ3n) is 2.05. The van der Waals surface area contributed by atoms with Crippen molar-refractivity contribution in [1.82, 2.24) is 0 Å². The summed E-state index contributed by atoms with van der Waals surface area (Å²) in [6, 6.07) is 0. The van der Waals surface area contributed by atoms with Crippen molar-refractivity contribution in [3.8, 4) is 0 Å². The second kappa shape index (κ2) is 5.51. The number of aliphatic hydroxyl groups is 1. The summed E-state index contributed by atoms with van der Waals surface area (Å²) in [7, 11) is 0. The van der Waals surface area contributed by atoms with Gasteiger partial charge >= 0.3 is 0 Å². The Bertz CT molecular complexity index is 116. The lowest BCUT2D eigenvalue weighted by Gasteiger charge is -2.11. The van der Waals surface area contributed by atoms with Gasteiger partial charge in [0.25, 0.3) is 0 Å². The Morgan fingerprint density at radius 3 is 2.75 bits per heavy atom. The maximum absolute atomic E-state index is 8.79. The highest BCUT2D eigenvalue weighted by Gasteiger charge is 2.24. The fraction of sp³-hybridized carbons (Fsp3) is 1.00. The maximum Gasteiger partial charge on any atom is 0.0814 e. The highest BCUT2D eigenvalue weighted by molar-refractivity contribution is 4.72. The van der Waals surface area contributed by atoms with Crippen molar-refractivity contribution in [2.24, 2.45) is 0 Å². The van der Waals surface area contributed by atoms with E-state index in [0.29, 0.717) is 6.61 Å². The van der Waals surface area contributed by atoms with Crippen LogP contribution in [0, 0.1) is 0 Å². The van der Waals surface area contributed by atoms with Crippen LogP contribution in [0.5, 0.6) is 0 Å². The van der Waals surface area contributed by atoms with E-state index in [0.717, 1.165) is 25.9 Å². The average molecular weight is 174 g/mol. The number of hydrogen-bond acceptors (Lipinski definition) is 3. The summed E-state index contributed by atoms with van der Waals surface area (Å²) in [5.41, 5.74) is 0. The van der Waals surface area contributed by atoms with Crippen molar-refractivity contribution in [3.63, 3.8) is 0 Å². The Balaban J connectivity index is 2.03. The molecule has 2 atom stereocenters. The van der Waals surface area contributed by atoms with E-state index in [9.17, 15) is 0 Å². The summed E-state index contributed by atoms with van der Waals surface area (Å²) >= 11 is 0. The monoisotopic (exact) mass is 174 g/mol. The minimum absolute atomic E-state index is 0.0558. The van der Waals surface area contributed by atoms with E-state index >= 15 is 0 Å². The van der Waals surface area contributed by atoms with Gasteiger partial charge in [-0.3, -0.25) is 0 Å². The minimum atomic E-state index is 0.0558. The molecule has 12 heavy (non-hydrogen) atoms. The number of aliphatic hydroxyl groups excluding tert-OH is 1. The quantitative estimate of drug-likeness (QED) is 0.631. The summed E-state index contributed by atoms with van der Waals surface area (Å²) in [4.78, 5) is 0. The topological polar surface area (TPSA) is 38.7 Å². The molecule has 3 heteroatoms. The first kappa shape index (κ1) is 9.96. The number of ether oxygens (including phenoxy) is 2. The van der Waals surface area contributed by atoms with E-state index in [4.69, 9.17) is 14.6 Å². The summed E-state index contributed by atoms with van der Waals surface area (Å²) in [6.07, 6.45) is 3.32. The molecule has 0 aromatic carbocycles. The molecule has 1 saturated heterocycles. The zero-order valence-corrected chi connectivity index (χ0v) is 7.66. The second-order valence-corrected chi connectivity index (χ2v) is 3.21. The van der Waals surface area contributed by atoms with E-state index < -0.39 is 0 Å². The van der Waals surface area contributed by atoms with Gasteiger partial charge in [-0.2, -0.15) is 0 Å². The summed E-state index contributed by atoms with van der Waals surface area (Å²) in [5, 5.41) is 8.79. The van der Waals surface area contributed by atoms with Crippen molar-refractivity contribution in [1.29, 1.82) is 0 Å². The Labute approximate surface area is 73.7 Å². The third kappa shape index (κ3) is 3.09. The molecule has 0 aromatic rings. The first-order valence-electron chi connectivity index (χ1n) is 4.71. The normalized spacial score (nSPS) is 29.5. The van der Waals surface area contributed by atoms with Gasteiger partial charge in [-0.1, -0.05) is 6.92 Å². The van der Waals surface area contributed by atoms with Gasteiger partial charge in [-0.05, 0) is 19.3 Å². The molecule has 1 N–H and O–H groups in total. The van der Waals surface area contributed by atoms with Crippen molar-refractivity contribution in [2.45, 2.75) is 38.4 Å². The molecule has 1 aliphatic rings. The standard InChI is InChI=1S/C9H18O3/c1-2-5-11-7-9-4-3-8(6-10)12-9/h8-10H,2-7H2,1H3/t8-,9-/m0/s1. The van der Waals surface area contributed by atoms with Gasteiger partial charge in [0.05, 0.1) is 25.4 Å². The van der Waals surface area contributed by atoms with Crippen LogP contribution in [0.2, 0.25) is 0 Å². The summed E-state index contributed by atoms with van der Waals surface area (Å²) in [5.74, 6) is 0. The van der Waals surface area contributed by atoms with Crippen molar-refractivity contribution >= 4 is 0 Å². The molecule has 0 saturated carbocycles. The van der Waals surface area contributed by atoms with Gasteiger partial charge < -0.3 is 14.6 Å². The summed E-state index contributed by atoms with van der Waals surface area (Å²) < 4.78 is 10.8. The van der Waals surface area contributed by atoms with Gasteiger partial charge in [0, 0.05) is 6.61 Å². The van der Waals surface area contributed by atoms with Crippen LogP contribution in [0.15, 0.2) is 0 Å².